The van der Waals surface area contributed by atoms with E-state index < -0.39 is 0 Å². The van der Waals surface area contributed by atoms with Crippen LogP contribution in [0, 0.1) is 0 Å². The van der Waals surface area contributed by atoms with E-state index in [0.29, 0.717) is 6.54 Å². The zero-order chi connectivity index (χ0) is 19.6. The maximum Gasteiger partial charge on any atom is 0.231 e. The number of nitrogens with one attached hydrogen (secondary N) is 1. The van der Waals surface area contributed by atoms with Crippen LogP contribution in [0.15, 0.2) is 36.5 Å². The summed E-state index contributed by atoms with van der Waals surface area (Å²) in [5, 5.41) is 14.2. The van der Waals surface area contributed by atoms with E-state index in [1.807, 2.05) is 30.5 Å². The van der Waals surface area contributed by atoms with E-state index in [1.54, 1.807) is 11.3 Å². The van der Waals surface area contributed by atoms with Gasteiger partial charge in [0.25, 0.3) is 0 Å². The van der Waals surface area contributed by atoms with Gasteiger partial charge in [-0.05, 0) is 30.8 Å². The summed E-state index contributed by atoms with van der Waals surface area (Å²) < 4.78 is 12.9. The van der Waals surface area contributed by atoms with Crippen LogP contribution in [0.25, 0.3) is 5.13 Å². The van der Waals surface area contributed by atoms with Gasteiger partial charge in [0.15, 0.2) is 11.5 Å². The first-order chi connectivity index (χ1) is 14.3. The average molecular weight is 413 g/mol. The summed E-state index contributed by atoms with van der Waals surface area (Å²) in [5.41, 5.74) is 2.12. The Labute approximate surface area is 173 Å². The van der Waals surface area contributed by atoms with Gasteiger partial charge in [0, 0.05) is 49.8 Å². The maximum atomic E-state index is 5.45. The van der Waals surface area contributed by atoms with Gasteiger partial charge in [-0.25, -0.2) is 0 Å². The van der Waals surface area contributed by atoms with Crippen LogP contribution < -0.4 is 19.7 Å². The molecule has 0 saturated carbocycles. The summed E-state index contributed by atoms with van der Waals surface area (Å²) in [7, 11) is 0. The van der Waals surface area contributed by atoms with Crippen LogP contribution in [-0.2, 0) is 6.54 Å². The maximum absolute atomic E-state index is 5.45. The summed E-state index contributed by atoms with van der Waals surface area (Å²) in [6.45, 7) is 8.46. The highest BCUT2D eigenvalue weighted by atomic mass is 32.1. The molecule has 152 valence electrons. The molecule has 4 heterocycles. The highest BCUT2D eigenvalue weighted by Gasteiger charge is 2.20. The van der Waals surface area contributed by atoms with Gasteiger partial charge in [0.05, 0.1) is 6.54 Å². The predicted molar refractivity (Wildman–Crippen MR) is 113 cm³/mol. The van der Waals surface area contributed by atoms with E-state index in [4.69, 9.17) is 9.47 Å². The Morgan fingerprint density at radius 3 is 2.72 bits per heavy atom. The fraction of sp³-hybridized carbons (Fsp3) is 0.400. The number of nitrogens with zero attached hydrogens (tertiary/aromatic N) is 5. The van der Waals surface area contributed by atoms with Crippen molar-refractivity contribution in [3.05, 3.63) is 42.2 Å². The second-order valence-corrected chi connectivity index (χ2v) is 8.01. The third-order valence-electron chi connectivity index (χ3n) is 5.38. The summed E-state index contributed by atoms with van der Waals surface area (Å²) in [6.07, 6.45) is 2.04. The molecule has 0 bridgehead atoms. The van der Waals surface area contributed by atoms with E-state index in [-0.39, 0.29) is 6.79 Å². The minimum atomic E-state index is 0.286. The molecule has 3 aromatic rings. The van der Waals surface area contributed by atoms with E-state index in [9.17, 15) is 0 Å². The Bertz CT molecular complexity index is 979. The Morgan fingerprint density at radius 2 is 1.86 bits per heavy atom. The van der Waals surface area contributed by atoms with Crippen molar-refractivity contribution in [3.8, 4) is 16.6 Å². The van der Waals surface area contributed by atoms with Crippen molar-refractivity contribution in [3.63, 3.8) is 0 Å². The molecule has 2 aliphatic rings. The number of hydrogen-bond acceptors (Lipinski definition) is 8. The number of hydrogen-bond donors (Lipinski definition) is 1. The highest BCUT2D eigenvalue weighted by molar-refractivity contribution is 7.17. The van der Waals surface area contributed by atoms with E-state index >= 15 is 0 Å². The monoisotopic (exact) mass is 412 g/mol. The van der Waals surface area contributed by atoms with Gasteiger partial charge >= 0.3 is 0 Å². The first-order valence-electron chi connectivity index (χ1n) is 9.91. The number of aromatic nitrogens is 3. The summed E-state index contributed by atoms with van der Waals surface area (Å²) in [6, 6.07) is 10.0. The lowest BCUT2D eigenvalue weighted by Gasteiger charge is -2.33. The fourth-order valence-corrected chi connectivity index (χ4v) is 4.55. The lowest BCUT2D eigenvalue weighted by molar-refractivity contribution is 0.174. The molecule has 5 rings (SSSR count). The largest absolute Gasteiger partial charge is 0.454 e. The first-order valence-corrected chi connectivity index (χ1v) is 10.7. The second-order valence-electron chi connectivity index (χ2n) is 7.08. The van der Waals surface area contributed by atoms with Crippen LogP contribution in [0.1, 0.15) is 12.6 Å². The van der Waals surface area contributed by atoms with Crippen molar-refractivity contribution < 1.29 is 9.47 Å². The van der Waals surface area contributed by atoms with E-state index in [1.165, 1.54) is 0 Å². The molecule has 1 aromatic carbocycles. The van der Waals surface area contributed by atoms with Crippen molar-refractivity contribution in [2.75, 3.05) is 49.7 Å². The number of benzene rings is 1. The molecule has 8 nitrogen and oxygen atoms in total. The van der Waals surface area contributed by atoms with Crippen LogP contribution in [-0.4, -0.2) is 59.2 Å². The Kier molecular flexibility index (Phi) is 4.99. The smallest absolute Gasteiger partial charge is 0.231 e. The van der Waals surface area contributed by atoms with Gasteiger partial charge in [-0.3, -0.25) is 4.57 Å². The number of piperazine rings is 1. The van der Waals surface area contributed by atoms with Gasteiger partial charge in [0.2, 0.25) is 17.1 Å². The van der Waals surface area contributed by atoms with Gasteiger partial charge in [0.1, 0.15) is 0 Å². The van der Waals surface area contributed by atoms with E-state index in [2.05, 4.69) is 42.9 Å². The number of rotatable bonds is 6. The molecule has 0 aliphatic carbocycles. The Morgan fingerprint density at radius 1 is 1.03 bits per heavy atom. The number of likely N-dealkylation sites (N-methyl/N-ethyl adjacent to an activating group) is 1. The second kappa shape index (κ2) is 7.92. The quantitative estimate of drug-likeness (QED) is 0.668. The van der Waals surface area contributed by atoms with Crippen LogP contribution in [0.4, 0.5) is 10.8 Å². The summed E-state index contributed by atoms with van der Waals surface area (Å²) >= 11 is 1.64. The Balaban J connectivity index is 1.26. The zero-order valence-corrected chi connectivity index (χ0v) is 17.2. The van der Waals surface area contributed by atoms with Gasteiger partial charge in [-0.1, -0.05) is 18.3 Å². The van der Waals surface area contributed by atoms with Crippen LogP contribution in [0.5, 0.6) is 11.5 Å². The molecular weight excluding hydrogens is 388 g/mol. The SMILES string of the molecule is CCN1CCN(c2nnc(-n3cccc3CNc3ccc4c(c3)OCO4)s2)CC1. The topological polar surface area (TPSA) is 67.7 Å². The minimum Gasteiger partial charge on any atom is -0.454 e. The molecule has 9 heteroatoms. The molecular formula is C20H24N6O2S. The highest BCUT2D eigenvalue weighted by Crippen LogP contribution is 2.34. The number of ether oxygens (including phenoxy) is 2. The standard InChI is InChI=1S/C20H24N6O2S/c1-2-24-8-10-25(11-9-24)19-22-23-20(29-19)26-7-3-4-16(26)13-21-15-5-6-17-18(12-15)28-14-27-17/h3-7,12,21H,2,8-11,13-14H2,1H3. The number of anilines is 2. The normalized spacial score (nSPS) is 16.4. The third kappa shape index (κ3) is 3.75. The van der Waals surface area contributed by atoms with Crippen LogP contribution in [0.2, 0.25) is 0 Å². The van der Waals surface area contributed by atoms with Crippen LogP contribution in [0.3, 0.4) is 0 Å². The Hall–Kier alpha value is -2.78. The molecule has 0 amide bonds. The molecule has 2 aliphatic heterocycles. The van der Waals surface area contributed by atoms with Gasteiger partial charge in [-0.15, -0.1) is 10.2 Å². The van der Waals surface area contributed by atoms with Gasteiger partial charge in [-0.2, -0.15) is 0 Å². The molecule has 0 atom stereocenters. The summed E-state index contributed by atoms with van der Waals surface area (Å²) in [5.74, 6) is 1.57. The number of fused-ring (bicyclic) bond motifs is 1. The summed E-state index contributed by atoms with van der Waals surface area (Å²) in [4.78, 5) is 4.80. The molecule has 2 aromatic heterocycles. The van der Waals surface area contributed by atoms with Crippen molar-refractivity contribution in [1.29, 1.82) is 0 Å². The van der Waals surface area contributed by atoms with Crippen molar-refractivity contribution >= 4 is 22.2 Å². The van der Waals surface area contributed by atoms with Crippen molar-refractivity contribution in [2.45, 2.75) is 13.5 Å². The lowest BCUT2D eigenvalue weighted by Crippen LogP contribution is -2.46. The predicted octanol–water partition coefficient (Wildman–Crippen LogP) is 2.81. The first kappa shape index (κ1) is 18.3. The minimum absolute atomic E-state index is 0.286. The molecule has 29 heavy (non-hydrogen) atoms. The third-order valence-corrected chi connectivity index (χ3v) is 6.36. The van der Waals surface area contributed by atoms with Crippen molar-refractivity contribution in [2.24, 2.45) is 0 Å². The average Bonchev–Trinajstić information content (AvgIpc) is 3.52. The molecule has 1 N–H and O–H groups in total. The zero-order valence-electron chi connectivity index (χ0n) is 16.4. The molecule has 1 saturated heterocycles. The molecule has 0 spiro atoms. The lowest BCUT2D eigenvalue weighted by atomic mass is 10.2. The molecule has 1 fully saturated rings. The fourth-order valence-electron chi connectivity index (χ4n) is 3.63. The van der Waals surface area contributed by atoms with Gasteiger partial charge < -0.3 is 24.6 Å². The molecule has 0 unspecified atom stereocenters. The molecule has 0 radical (unpaired) electrons. The van der Waals surface area contributed by atoms with Crippen LogP contribution >= 0.6 is 11.3 Å². The van der Waals surface area contributed by atoms with E-state index in [0.717, 1.165) is 65.9 Å². The van der Waals surface area contributed by atoms with Crippen molar-refractivity contribution in [1.82, 2.24) is 19.7 Å².